The number of rotatable bonds is 5. The largest absolute Gasteiger partial charge is 0.293 e. The molecule has 0 saturated heterocycles. The summed E-state index contributed by atoms with van der Waals surface area (Å²) in [6.07, 6.45) is 4.54. The van der Waals surface area contributed by atoms with E-state index in [1.54, 1.807) is 6.07 Å². The Bertz CT molecular complexity index is 639. The van der Waals surface area contributed by atoms with E-state index in [0.29, 0.717) is 16.8 Å². The number of ketones is 1. The van der Waals surface area contributed by atoms with Crippen LogP contribution in [0, 0.1) is 5.82 Å². The van der Waals surface area contributed by atoms with Crippen LogP contribution in [0.4, 0.5) is 4.39 Å². The molecule has 0 N–H and O–H groups in total. The third-order valence-electron chi connectivity index (χ3n) is 3.61. The summed E-state index contributed by atoms with van der Waals surface area (Å²) >= 11 is 1.30. The van der Waals surface area contributed by atoms with Gasteiger partial charge in [-0.2, -0.15) is 0 Å². The number of benzene rings is 1. The summed E-state index contributed by atoms with van der Waals surface area (Å²) in [6.45, 7) is 0. The lowest BCUT2D eigenvalue weighted by molar-refractivity contribution is 0.102. The molecule has 1 fully saturated rings. The van der Waals surface area contributed by atoms with Crippen molar-refractivity contribution in [3.05, 3.63) is 35.6 Å². The van der Waals surface area contributed by atoms with Crippen LogP contribution < -0.4 is 0 Å². The van der Waals surface area contributed by atoms with E-state index < -0.39 is 5.82 Å². The van der Waals surface area contributed by atoms with Gasteiger partial charge in [0.2, 0.25) is 5.16 Å². The molecule has 1 aromatic carbocycles. The number of Topliss-reactive ketones (excluding diaryl/α,β-unsaturated/α-hetero) is 1. The number of carbonyl (C=O) groups excluding carboxylic acids is 1. The summed E-state index contributed by atoms with van der Waals surface area (Å²) in [5.41, 5.74) is 0.377. The van der Waals surface area contributed by atoms with E-state index in [1.807, 2.05) is 4.68 Å². The highest BCUT2D eigenvalue weighted by atomic mass is 32.2. The molecule has 1 heterocycles. The fourth-order valence-corrected chi connectivity index (χ4v) is 3.37. The molecule has 7 heteroatoms. The Morgan fingerprint density at radius 3 is 2.95 bits per heavy atom. The van der Waals surface area contributed by atoms with Gasteiger partial charge in [-0.1, -0.05) is 36.7 Å². The Hall–Kier alpha value is -1.76. The second-order valence-corrected chi connectivity index (χ2v) is 6.01. The predicted molar refractivity (Wildman–Crippen MR) is 76.8 cm³/mol. The number of hydrogen-bond acceptors (Lipinski definition) is 5. The minimum absolute atomic E-state index is 0.125. The van der Waals surface area contributed by atoms with Gasteiger partial charge in [0.05, 0.1) is 11.8 Å². The maximum Gasteiger partial charge on any atom is 0.210 e. The molecule has 0 aliphatic heterocycles. The first-order valence-electron chi connectivity index (χ1n) is 6.93. The van der Waals surface area contributed by atoms with Gasteiger partial charge in [0.15, 0.2) is 5.78 Å². The average molecular weight is 306 g/mol. The zero-order valence-corrected chi connectivity index (χ0v) is 12.2. The molecule has 1 aliphatic rings. The van der Waals surface area contributed by atoms with Crippen LogP contribution in [0.15, 0.2) is 29.4 Å². The van der Waals surface area contributed by atoms with Crippen molar-refractivity contribution in [3.8, 4) is 0 Å². The van der Waals surface area contributed by atoms with Crippen molar-refractivity contribution in [3.63, 3.8) is 0 Å². The quantitative estimate of drug-likeness (QED) is 0.628. The smallest absolute Gasteiger partial charge is 0.210 e. The molecule has 0 spiro atoms. The lowest BCUT2D eigenvalue weighted by atomic mass is 10.1. The van der Waals surface area contributed by atoms with Gasteiger partial charge in [-0.25, -0.2) is 9.07 Å². The zero-order valence-electron chi connectivity index (χ0n) is 11.4. The summed E-state index contributed by atoms with van der Waals surface area (Å²) in [7, 11) is 0. The lowest BCUT2D eigenvalue weighted by Gasteiger charge is -2.10. The minimum Gasteiger partial charge on any atom is -0.293 e. The summed E-state index contributed by atoms with van der Waals surface area (Å²) in [4.78, 5) is 12.1. The number of hydrogen-bond donors (Lipinski definition) is 0. The third kappa shape index (κ3) is 3.29. The molecule has 1 aromatic heterocycles. The summed E-state index contributed by atoms with van der Waals surface area (Å²) in [6, 6.07) is 6.07. The van der Waals surface area contributed by atoms with E-state index in [2.05, 4.69) is 15.5 Å². The molecule has 0 amide bonds. The first-order valence-corrected chi connectivity index (χ1v) is 7.92. The Balaban J connectivity index is 1.65. The maximum atomic E-state index is 13.1. The van der Waals surface area contributed by atoms with E-state index in [0.717, 1.165) is 12.8 Å². The van der Waals surface area contributed by atoms with Crippen LogP contribution in [0.3, 0.4) is 0 Å². The van der Waals surface area contributed by atoms with Gasteiger partial charge in [0.1, 0.15) is 5.82 Å². The summed E-state index contributed by atoms with van der Waals surface area (Å²) in [5.74, 6) is -0.321. The molecule has 2 aromatic rings. The van der Waals surface area contributed by atoms with E-state index >= 15 is 0 Å². The van der Waals surface area contributed by atoms with Crippen LogP contribution >= 0.6 is 11.8 Å². The molecule has 0 unspecified atom stereocenters. The van der Waals surface area contributed by atoms with Gasteiger partial charge in [-0.15, -0.1) is 5.10 Å². The standard InChI is InChI=1S/C14H15FN4OS/c15-11-5-3-4-10(8-11)13(20)9-21-14-16-17-18-19(14)12-6-1-2-7-12/h3-5,8,12H,1-2,6-7,9H2. The summed E-state index contributed by atoms with van der Waals surface area (Å²) < 4.78 is 14.9. The second kappa shape index (κ2) is 6.34. The van der Waals surface area contributed by atoms with Crippen molar-refractivity contribution in [1.29, 1.82) is 0 Å². The van der Waals surface area contributed by atoms with Crippen molar-refractivity contribution < 1.29 is 9.18 Å². The highest BCUT2D eigenvalue weighted by molar-refractivity contribution is 7.99. The number of tetrazole rings is 1. The second-order valence-electron chi connectivity index (χ2n) is 5.07. The van der Waals surface area contributed by atoms with Crippen LogP contribution in [0.25, 0.3) is 0 Å². The molecule has 1 aliphatic carbocycles. The van der Waals surface area contributed by atoms with Gasteiger partial charge >= 0.3 is 0 Å². The molecule has 110 valence electrons. The molecule has 0 bridgehead atoms. The number of thioether (sulfide) groups is 1. The van der Waals surface area contributed by atoms with Crippen molar-refractivity contribution in [2.24, 2.45) is 0 Å². The number of aromatic nitrogens is 4. The molecule has 21 heavy (non-hydrogen) atoms. The molecule has 3 rings (SSSR count). The Kier molecular flexibility index (Phi) is 4.28. The predicted octanol–water partition coefficient (Wildman–Crippen LogP) is 2.90. The molecular weight excluding hydrogens is 291 g/mol. The topological polar surface area (TPSA) is 60.7 Å². The molecule has 0 atom stereocenters. The van der Waals surface area contributed by atoms with Crippen molar-refractivity contribution in [2.45, 2.75) is 36.9 Å². The Labute approximate surface area is 125 Å². The van der Waals surface area contributed by atoms with E-state index in [-0.39, 0.29) is 11.5 Å². The highest BCUT2D eigenvalue weighted by Gasteiger charge is 2.22. The van der Waals surface area contributed by atoms with E-state index in [4.69, 9.17) is 0 Å². The molecule has 0 radical (unpaired) electrons. The Morgan fingerprint density at radius 1 is 1.38 bits per heavy atom. The fraction of sp³-hybridized carbons (Fsp3) is 0.429. The number of carbonyl (C=O) groups is 1. The van der Waals surface area contributed by atoms with Gasteiger partial charge in [0.25, 0.3) is 0 Å². The number of halogens is 1. The van der Waals surface area contributed by atoms with E-state index in [9.17, 15) is 9.18 Å². The third-order valence-corrected chi connectivity index (χ3v) is 4.55. The first kappa shape index (κ1) is 14.2. The van der Waals surface area contributed by atoms with Gasteiger partial charge in [-0.3, -0.25) is 4.79 Å². The maximum absolute atomic E-state index is 13.1. The van der Waals surface area contributed by atoms with Gasteiger partial charge < -0.3 is 0 Å². The van der Waals surface area contributed by atoms with Crippen LogP contribution in [-0.2, 0) is 0 Å². The molecular formula is C14H15FN4OS. The minimum atomic E-state index is -0.401. The van der Waals surface area contributed by atoms with Crippen LogP contribution in [0.2, 0.25) is 0 Å². The SMILES string of the molecule is O=C(CSc1nnnn1C1CCCC1)c1cccc(F)c1. The van der Waals surface area contributed by atoms with Gasteiger partial charge in [-0.05, 0) is 35.4 Å². The fourth-order valence-electron chi connectivity index (χ4n) is 2.53. The lowest BCUT2D eigenvalue weighted by Crippen LogP contribution is -2.10. The highest BCUT2D eigenvalue weighted by Crippen LogP contribution is 2.31. The average Bonchev–Trinajstić information content (AvgIpc) is 3.15. The van der Waals surface area contributed by atoms with Crippen molar-refractivity contribution in [2.75, 3.05) is 5.75 Å². The van der Waals surface area contributed by atoms with Crippen molar-refractivity contribution in [1.82, 2.24) is 20.2 Å². The van der Waals surface area contributed by atoms with Crippen LogP contribution in [0.1, 0.15) is 42.1 Å². The monoisotopic (exact) mass is 306 g/mol. The zero-order chi connectivity index (χ0) is 14.7. The van der Waals surface area contributed by atoms with Gasteiger partial charge in [0, 0.05) is 5.56 Å². The van der Waals surface area contributed by atoms with Crippen molar-refractivity contribution >= 4 is 17.5 Å². The van der Waals surface area contributed by atoms with E-state index in [1.165, 1.54) is 42.8 Å². The summed E-state index contributed by atoms with van der Waals surface area (Å²) in [5, 5.41) is 12.4. The first-order chi connectivity index (χ1) is 10.2. The normalized spacial score (nSPS) is 15.5. The Morgan fingerprint density at radius 2 is 2.19 bits per heavy atom. The van der Waals surface area contributed by atoms with Crippen LogP contribution in [-0.4, -0.2) is 31.7 Å². The van der Waals surface area contributed by atoms with Crippen LogP contribution in [0.5, 0.6) is 0 Å². The number of nitrogens with zero attached hydrogens (tertiary/aromatic N) is 4. The molecule has 5 nitrogen and oxygen atoms in total. The molecule has 1 saturated carbocycles.